The van der Waals surface area contributed by atoms with Crippen LogP contribution in [0.15, 0.2) is 29.5 Å². The molecule has 0 spiro atoms. The van der Waals surface area contributed by atoms with Crippen molar-refractivity contribution >= 4 is 11.6 Å². The first-order chi connectivity index (χ1) is 11.3. The molecule has 0 saturated heterocycles. The highest BCUT2D eigenvalue weighted by atomic mass is 19.4. The molecule has 3 aromatic rings. The minimum atomic E-state index is -4.65. The van der Waals surface area contributed by atoms with Gasteiger partial charge >= 0.3 is 6.18 Å². The first-order valence-corrected chi connectivity index (χ1v) is 6.90. The molecular formula is C13H12F3N7O. The van der Waals surface area contributed by atoms with Crippen molar-refractivity contribution in [3.05, 3.63) is 46.5 Å². The van der Waals surface area contributed by atoms with Gasteiger partial charge in [-0.2, -0.15) is 22.7 Å². The summed E-state index contributed by atoms with van der Waals surface area (Å²) < 4.78 is 40.6. The number of nitrogens with one attached hydrogen (secondary N) is 1. The van der Waals surface area contributed by atoms with E-state index in [1.165, 1.54) is 23.2 Å². The monoisotopic (exact) mass is 339 g/mol. The largest absolute Gasteiger partial charge is 0.453 e. The molecule has 8 nitrogen and oxygen atoms in total. The van der Waals surface area contributed by atoms with E-state index in [0.29, 0.717) is 11.5 Å². The second-order valence-corrected chi connectivity index (χ2v) is 4.97. The highest BCUT2D eigenvalue weighted by Crippen LogP contribution is 2.27. The number of alkyl halides is 3. The van der Waals surface area contributed by atoms with E-state index in [9.17, 15) is 18.0 Å². The number of aryl methyl sites for hydroxylation is 1. The number of halogens is 3. The molecule has 0 fully saturated rings. The van der Waals surface area contributed by atoms with E-state index in [1.807, 2.05) is 0 Å². The van der Waals surface area contributed by atoms with Crippen LogP contribution in [0.1, 0.15) is 11.5 Å². The van der Waals surface area contributed by atoms with Gasteiger partial charge in [0.1, 0.15) is 5.82 Å². The van der Waals surface area contributed by atoms with Gasteiger partial charge in [0.25, 0.3) is 17.2 Å². The van der Waals surface area contributed by atoms with Crippen LogP contribution in [-0.2, 0) is 12.7 Å². The molecule has 3 rings (SSSR count). The van der Waals surface area contributed by atoms with Gasteiger partial charge in [0.05, 0.1) is 6.33 Å². The summed E-state index contributed by atoms with van der Waals surface area (Å²) in [6, 6.07) is 2.87. The Balaban J connectivity index is 1.85. The van der Waals surface area contributed by atoms with E-state index in [4.69, 9.17) is 0 Å². The fourth-order valence-corrected chi connectivity index (χ4v) is 2.08. The van der Waals surface area contributed by atoms with Gasteiger partial charge in [-0.1, -0.05) is 0 Å². The Morgan fingerprint density at radius 3 is 2.79 bits per heavy atom. The van der Waals surface area contributed by atoms with Gasteiger partial charge in [-0.05, 0) is 6.92 Å². The van der Waals surface area contributed by atoms with Crippen LogP contribution in [0.25, 0.3) is 5.78 Å². The average Bonchev–Trinajstić information content (AvgIpc) is 2.93. The Morgan fingerprint density at radius 1 is 1.29 bits per heavy atom. The summed E-state index contributed by atoms with van der Waals surface area (Å²) in [6.45, 7) is 2.21. The Hall–Kier alpha value is -2.98. The summed E-state index contributed by atoms with van der Waals surface area (Å²) in [6.07, 6.45) is -1.88. The van der Waals surface area contributed by atoms with E-state index in [-0.39, 0.29) is 24.4 Å². The van der Waals surface area contributed by atoms with E-state index >= 15 is 0 Å². The third kappa shape index (κ3) is 3.19. The molecule has 3 heterocycles. The predicted octanol–water partition coefficient (Wildman–Crippen LogP) is 1.12. The lowest BCUT2D eigenvalue weighted by Gasteiger charge is -2.09. The summed E-state index contributed by atoms with van der Waals surface area (Å²) in [5.74, 6) is -1.10. The van der Waals surface area contributed by atoms with Gasteiger partial charge in [0.15, 0.2) is 0 Å². The maximum absolute atomic E-state index is 12.7. The second-order valence-electron chi connectivity index (χ2n) is 4.97. The zero-order valence-electron chi connectivity index (χ0n) is 12.4. The zero-order valence-corrected chi connectivity index (χ0v) is 12.4. The maximum atomic E-state index is 12.7. The molecular weight excluding hydrogens is 327 g/mol. The molecule has 0 amide bonds. The van der Waals surface area contributed by atoms with Crippen molar-refractivity contribution in [2.75, 3.05) is 11.9 Å². The molecule has 3 aromatic heterocycles. The highest BCUT2D eigenvalue weighted by Gasteiger charge is 2.36. The molecule has 0 aliphatic heterocycles. The average molecular weight is 339 g/mol. The van der Waals surface area contributed by atoms with Crippen molar-refractivity contribution in [1.29, 1.82) is 0 Å². The first kappa shape index (κ1) is 15.9. The number of aromatic nitrogens is 6. The van der Waals surface area contributed by atoms with Gasteiger partial charge in [-0.15, -0.1) is 5.10 Å². The van der Waals surface area contributed by atoms with Crippen LogP contribution in [0.5, 0.6) is 0 Å². The number of fused-ring (bicyclic) bond motifs is 1. The molecule has 0 aromatic carbocycles. The van der Waals surface area contributed by atoms with Crippen molar-refractivity contribution in [3.8, 4) is 0 Å². The SMILES string of the molecule is Cc1cc(NCCn2cnccc2=O)n2nc(C(F)(F)F)nc2n1. The normalized spacial score (nSPS) is 11.8. The van der Waals surface area contributed by atoms with E-state index in [0.717, 1.165) is 4.52 Å². The molecule has 0 bridgehead atoms. The van der Waals surface area contributed by atoms with Crippen LogP contribution < -0.4 is 10.9 Å². The lowest BCUT2D eigenvalue weighted by atomic mass is 10.4. The van der Waals surface area contributed by atoms with E-state index < -0.39 is 12.0 Å². The molecule has 0 aliphatic carbocycles. The molecule has 1 N–H and O–H groups in total. The lowest BCUT2D eigenvalue weighted by Crippen LogP contribution is -2.23. The zero-order chi connectivity index (χ0) is 17.3. The van der Waals surface area contributed by atoms with Crippen molar-refractivity contribution < 1.29 is 13.2 Å². The third-order valence-electron chi connectivity index (χ3n) is 3.14. The van der Waals surface area contributed by atoms with Crippen molar-refractivity contribution in [2.24, 2.45) is 0 Å². The standard InChI is InChI=1S/C13H12F3N7O/c1-8-6-9(18-4-5-22-7-17-3-2-10(22)24)23-12(19-8)20-11(21-23)13(14,15)16/h2-3,6-7,18H,4-5H2,1H3. The Bertz CT molecular complexity index is 931. The number of hydrogen-bond acceptors (Lipinski definition) is 6. The molecule has 0 unspecified atom stereocenters. The smallest absolute Gasteiger partial charge is 0.368 e. The predicted molar refractivity (Wildman–Crippen MR) is 77.5 cm³/mol. The topological polar surface area (TPSA) is 90.0 Å². The molecule has 126 valence electrons. The third-order valence-corrected chi connectivity index (χ3v) is 3.14. The van der Waals surface area contributed by atoms with Crippen LogP contribution in [0.4, 0.5) is 19.0 Å². The summed E-state index contributed by atoms with van der Waals surface area (Å²) in [7, 11) is 0. The van der Waals surface area contributed by atoms with Gasteiger partial charge in [0, 0.05) is 37.1 Å². The second kappa shape index (κ2) is 5.91. The van der Waals surface area contributed by atoms with E-state index in [1.54, 1.807) is 13.0 Å². The molecule has 0 aliphatic rings. The highest BCUT2D eigenvalue weighted by molar-refractivity contribution is 5.45. The van der Waals surface area contributed by atoms with Crippen molar-refractivity contribution in [3.63, 3.8) is 0 Å². The number of nitrogens with zero attached hydrogens (tertiary/aromatic N) is 6. The fourth-order valence-electron chi connectivity index (χ4n) is 2.08. The van der Waals surface area contributed by atoms with Crippen molar-refractivity contribution in [2.45, 2.75) is 19.6 Å². The van der Waals surface area contributed by atoms with Gasteiger partial charge in [-0.3, -0.25) is 9.36 Å². The van der Waals surface area contributed by atoms with Crippen LogP contribution in [-0.4, -0.2) is 35.7 Å². The summed E-state index contributed by atoms with van der Waals surface area (Å²) in [5, 5.41) is 6.38. The first-order valence-electron chi connectivity index (χ1n) is 6.90. The minimum Gasteiger partial charge on any atom is -0.368 e. The van der Waals surface area contributed by atoms with Crippen LogP contribution in [0.3, 0.4) is 0 Å². The van der Waals surface area contributed by atoms with Crippen LogP contribution >= 0.6 is 0 Å². The number of rotatable bonds is 4. The fraction of sp³-hybridized carbons (Fsp3) is 0.308. The minimum absolute atomic E-state index is 0.150. The lowest BCUT2D eigenvalue weighted by molar-refractivity contribution is -0.144. The number of hydrogen-bond donors (Lipinski definition) is 1. The van der Waals surface area contributed by atoms with Crippen LogP contribution in [0, 0.1) is 6.92 Å². The Kier molecular flexibility index (Phi) is 3.91. The summed E-state index contributed by atoms with van der Waals surface area (Å²) >= 11 is 0. The number of anilines is 1. The molecule has 0 atom stereocenters. The van der Waals surface area contributed by atoms with E-state index in [2.05, 4.69) is 25.4 Å². The maximum Gasteiger partial charge on any atom is 0.453 e. The molecule has 0 radical (unpaired) electrons. The van der Waals surface area contributed by atoms with Gasteiger partial charge in [-0.25, -0.2) is 9.97 Å². The molecule has 0 saturated carbocycles. The van der Waals surface area contributed by atoms with Crippen molar-refractivity contribution in [1.82, 2.24) is 29.1 Å². The van der Waals surface area contributed by atoms with Crippen LogP contribution in [0.2, 0.25) is 0 Å². The van der Waals surface area contributed by atoms with Gasteiger partial charge in [0.2, 0.25) is 0 Å². The Morgan fingerprint density at radius 2 is 2.08 bits per heavy atom. The Labute approximate surface area is 133 Å². The van der Waals surface area contributed by atoms with Gasteiger partial charge < -0.3 is 5.32 Å². The summed E-state index contributed by atoms with van der Waals surface area (Å²) in [5.41, 5.74) is 0.271. The molecule has 11 heteroatoms. The summed E-state index contributed by atoms with van der Waals surface area (Å²) in [4.78, 5) is 22.7. The molecule has 24 heavy (non-hydrogen) atoms. The quantitative estimate of drug-likeness (QED) is 0.766.